The van der Waals surface area contributed by atoms with Gasteiger partial charge in [-0.3, -0.25) is 4.79 Å². The molecule has 0 heterocycles. The predicted octanol–water partition coefficient (Wildman–Crippen LogP) is 3.26. The molecule has 0 bridgehead atoms. The maximum atomic E-state index is 12.0. The van der Waals surface area contributed by atoms with Crippen LogP contribution in [0.1, 0.15) is 11.1 Å². The van der Waals surface area contributed by atoms with Crippen molar-refractivity contribution in [2.45, 2.75) is 6.42 Å². The molecular weight excluding hydrogens is 336 g/mol. The fourth-order valence-corrected chi connectivity index (χ4v) is 2.33. The summed E-state index contributed by atoms with van der Waals surface area (Å²) in [4.78, 5) is 12.3. The highest BCUT2D eigenvalue weighted by atomic mass is 79.9. The van der Waals surface area contributed by atoms with Crippen molar-refractivity contribution in [1.82, 2.24) is 0 Å². The molecule has 0 saturated heterocycles. The number of halogens is 1. The average molecular weight is 349 g/mol. The zero-order valence-electron chi connectivity index (χ0n) is 10.6. The van der Waals surface area contributed by atoms with Gasteiger partial charge in [-0.05, 0) is 23.8 Å². The van der Waals surface area contributed by atoms with Gasteiger partial charge in [-0.25, -0.2) is 0 Å². The molecule has 5 heteroatoms. The zero-order valence-corrected chi connectivity index (χ0v) is 13.0. The third-order valence-electron chi connectivity index (χ3n) is 2.73. The number of nitrogens with one attached hydrogen (secondary N) is 1. The highest BCUT2D eigenvalue weighted by Crippen LogP contribution is 2.21. The SMILES string of the molecule is NC(=S)c1cc(Br)ccc1NC(=O)Cc1ccccc1. The maximum absolute atomic E-state index is 12.0. The van der Waals surface area contributed by atoms with Gasteiger partial charge in [0.1, 0.15) is 4.99 Å². The molecule has 0 spiro atoms. The quantitative estimate of drug-likeness (QED) is 0.833. The number of nitrogens with two attached hydrogens (primary N) is 1. The van der Waals surface area contributed by atoms with Crippen LogP contribution in [0.4, 0.5) is 5.69 Å². The molecule has 20 heavy (non-hydrogen) atoms. The molecule has 0 atom stereocenters. The van der Waals surface area contributed by atoms with Crippen LogP contribution >= 0.6 is 28.1 Å². The number of hydrogen-bond acceptors (Lipinski definition) is 2. The fourth-order valence-electron chi connectivity index (χ4n) is 1.80. The number of rotatable bonds is 4. The Balaban J connectivity index is 2.14. The smallest absolute Gasteiger partial charge is 0.228 e. The molecule has 102 valence electrons. The lowest BCUT2D eigenvalue weighted by Crippen LogP contribution is -2.19. The van der Waals surface area contributed by atoms with Crippen LogP contribution in [-0.2, 0) is 11.2 Å². The maximum Gasteiger partial charge on any atom is 0.228 e. The summed E-state index contributed by atoms with van der Waals surface area (Å²) in [5.41, 5.74) is 7.90. The van der Waals surface area contributed by atoms with Crippen molar-refractivity contribution in [3.05, 3.63) is 64.1 Å². The lowest BCUT2D eigenvalue weighted by Gasteiger charge is -2.10. The molecule has 0 saturated carbocycles. The highest BCUT2D eigenvalue weighted by Gasteiger charge is 2.10. The van der Waals surface area contributed by atoms with E-state index < -0.39 is 0 Å². The standard InChI is InChI=1S/C15H13BrN2OS/c16-11-6-7-13(12(9-11)15(17)20)18-14(19)8-10-4-2-1-3-5-10/h1-7,9H,8H2,(H2,17,20)(H,18,19). The van der Waals surface area contributed by atoms with E-state index in [9.17, 15) is 4.79 Å². The number of hydrogen-bond donors (Lipinski definition) is 2. The number of anilines is 1. The molecule has 0 radical (unpaired) electrons. The van der Waals surface area contributed by atoms with E-state index in [4.69, 9.17) is 18.0 Å². The molecule has 0 fully saturated rings. The Morgan fingerprint density at radius 2 is 1.90 bits per heavy atom. The minimum Gasteiger partial charge on any atom is -0.389 e. The van der Waals surface area contributed by atoms with E-state index in [1.807, 2.05) is 36.4 Å². The van der Waals surface area contributed by atoms with Gasteiger partial charge in [0, 0.05) is 10.0 Å². The summed E-state index contributed by atoms with van der Waals surface area (Å²) < 4.78 is 0.862. The predicted molar refractivity (Wildman–Crippen MR) is 88.8 cm³/mol. The summed E-state index contributed by atoms with van der Waals surface area (Å²) in [6, 6.07) is 15.0. The number of carbonyl (C=O) groups is 1. The summed E-state index contributed by atoms with van der Waals surface area (Å²) in [5, 5.41) is 2.84. The zero-order chi connectivity index (χ0) is 14.5. The number of benzene rings is 2. The second kappa shape index (κ2) is 6.63. The van der Waals surface area contributed by atoms with E-state index in [1.54, 1.807) is 12.1 Å². The lowest BCUT2D eigenvalue weighted by atomic mass is 10.1. The minimum absolute atomic E-state index is 0.101. The number of amides is 1. The number of thiocarbonyl (C=S) groups is 1. The molecule has 0 aliphatic carbocycles. The second-order valence-corrected chi connectivity index (χ2v) is 5.62. The normalized spacial score (nSPS) is 10.1. The monoisotopic (exact) mass is 348 g/mol. The van der Waals surface area contributed by atoms with E-state index in [-0.39, 0.29) is 10.9 Å². The van der Waals surface area contributed by atoms with Crippen LogP contribution in [-0.4, -0.2) is 10.9 Å². The van der Waals surface area contributed by atoms with E-state index >= 15 is 0 Å². The van der Waals surface area contributed by atoms with Crippen molar-refractivity contribution in [2.24, 2.45) is 5.73 Å². The Morgan fingerprint density at radius 3 is 2.55 bits per heavy atom. The van der Waals surface area contributed by atoms with Gasteiger partial charge in [0.15, 0.2) is 0 Å². The van der Waals surface area contributed by atoms with Crippen LogP contribution in [0, 0.1) is 0 Å². The van der Waals surface area contributed by atoms with Crippen LogP contribution in [0.2, 0.25) is 0 Å². The summed E-state index contributed by atoms with van der Waals surface area (Å²) >= 11 is 8.35. The molecule has 0 unspecified atom stereocenters. The second-order valence-electron chi connectivity index (χ2n) is 4.26. The molecule has 2 rings (SSSR count). The molecule has 2 aromatic rings. The van der Waals surface area contributed by atoms with Crippen molar-refractivity contribution < 1.29 is 4.79 Å². The van der Waals surface area contributed by atoms with Crippen molar-refractivity contribution >= 4 is 44.7 Å². The first-order chi connectivity index (χ1) is 9.56. The van der Waals surface area contributed by atoms with Crippen LogP contribution < -0.4 is 11.1 Å². The van der Waals surface area contributed by atoms with Crippen molar-refractivity contribution in [2.75, 3.05) is 5.32 Å². The van der Waals surface area contributed by atoms with Gasteiger partial charge >= 0.3 is 0 Å². The summed E-state index contributed by atoms with van der Waals surface area (Å²) in [7, 11) is 0. The molecule has 0 aliphatic heterocycles. The van der Waals surface area contributed by atoms with Gasteiger partial charge < -0.3 is 11.1 Å². The first kappa shape index (κ1) is 14.7. The fraction of sp³-hybridized carbons (Fsp3) is 0.0667. The third kappa shape index (κ3) is 3.88. The Kier molecular flexibility index (Phi) is 4.87. The molecule has 3 nitrogen and oxygen atoms in total. The summed E-state index contributed by atoms with van der Waals surface area (Å²) in [6.45, 7) is 0. The van der Waals surface area contributed by atoms with E-state index in [1.165, 1.54) is 0 Å². The highest BCUT2D eigenvalue weighted by molar-refractivity contribution is 9.10. The van der Waals surface area contributed by atoms with Crippen molar-refractivity contribution in [1.29, 1.82) is 0 Å². The Bertz CT molecular complexity index is 644. The van der Waals surface area contributed by atoms with Gasteiger partial charge in [-0.1, -0.05) is 58.5 Å². The molecule has 2 aromatic carbocycles. The Labute approximate surface area is 131 Å². The minimum atomic E-state index is -0.101. The van der Waals surface area contributed by atoms with Gasteiger partial charge in [-0.2, -0.15) is 0 Å². The van der Waals surface area contributed by atoms with Crippen molar-refractivity contribution in [3.8, 4) is 0 Å². The molecule has 0 aliphatic rings. The van der Waals surface area contributed by atoms with Gasteiger partial charge in [-0.15, -0.1) is 0 Å². The lowest BCUT2D eigenvalue weighted by molar-refractivity contribution is -0.115. The van der Waals surface area contributed by atoms with Crippen LogP contribution in [0.5, 0.6) is 0 Å². The number of carbonyl (C=O) groups excluding carboxylic acids is 1. The third-order valence-corrected chi connectivity index (χ3v) is 3.44. The Hall–Kier alpha value is -1.72. The first-order valence-corrected chi connectivity index (χ1v) is 7.19. The van der Waals surface area contributed by atoms with Crippen LogP contribution in [0.3, 0.4) is 0 Å². The molecule has 3 N–H and O–H groups in total. The summed E-state index contributed by atoms with van der Waals surface area (Å²) in [5.74, 6) is -0.101. The van der Waals surface area contributed by atoms with E-state index in [0.29, 0.717) is 17.7 Å². The van der Waals surface area contributed by atoms with Crippen LogP contribution in [0.25, 0.3) is 0 Å². The van der Waals surface area contributed by atoms with Gasteiger partial charge in [0.25, 0.3) is 0 Å². The van der Waals surface area contributed by atoms with Gasteiger partial charge in [0.2, 0.25) is 5.91 Å². The van der Waals surface area contributed by atoms with Gasteiger partial charge in [0.05, 0.1) is 12.1 Å². The van der Waals surface area contributed by atoms with E-state index in [2.05, 4.69) is 21.2 Å². The molecular formula is C15H13BrN2OS. The van der Waals surface area contributed by atoms with Crippen molar-refractivity contribution in [3.63, 3.8) is 0 Å². The molecule has 1 amide bonds. The first-order valence-electron chi connectivity index (χ1n) is 5.99. The molecule has 0 aromatic heterocycles. The van der Waals surface area contributed by atoms with Crippen LogP contribution in [0.15, 0.2) is 53.0 Å². The topological polar surface area (TPSA) is 55.1 Å². The summed E-state index contributed by atoms with van der Waals surface area (Å²) in [6.07, 6.45) is 0.313. The van der Waals surface area contributed by atoms with E-state index in [0.717, 1.165) is 10.0 Å². The average Bonchev–Trinajstić information content (AvgIpc) is 2.41. The largest absolute Gasteiger partial charge is 0.389 e. The Morgan fingerprint density at radius 1 is 1.20 bits per heavy atom.